The lowest BCUT2D eigenvalue weighted by Crippen LogP contribution is -2.28. The first-order chi connectivity index (χ1) is 17.6. The number of aromatic amines is 1. The van der Waals surface area contributed by atoms with E-state index in [1.165, 1.54) is 6.20 Å². The van der Waals surface area contributed by atoms with Gasteiger partial charge in [0.05, 0.1) is 21.2 Å². The van der Waals surface area contributed by atoms with Crippen molar-refractivity contribution in [3.05, 3.63) is 40.1 Å². The van der Waals surface area contributed by atoms with E-state index in [9.17, 15) is 18.0 Å². The van der Waals surface area contributed by atoms with Crippen LogP contribution in [0.4, 0.5) is 19.1 Å². The number of H-pyrrole nitrogens is 1. The van der Waals surface area contributed by atoms with Crippen LogP contribution in [0.2, 0.25) is 0 Å². The second-order valence-corrected chi connectivity index (χ2v) is 10.6. The molecule has 1 amide bonds. The van der Waals surface area contributed by atoms with Gasteiger partial charge in [-0.15, -0.1) is 0 Å². The molecule has 1 aliphatic rings. The van der Waals surface area contributed by atoms with E-state index in [-0.39, 0.29) is 23.6 Å². The van der Waals surface area contributed by atoms with Gasteiger partial charge in [0.2, 0.25) is 5.95 Å². The largest absolute Gasteiger partial charge is 0.419 e. The average molecular weight is 581 g/mol. The van der Waals surface area contributed by atoms with Crippen LogP contribution in [0, 0.1) is 5.92 Å². The van der Waals surface area contributed by atoms with Crippen molar-refractivity contribution < 1.29 is 18.0 Å². The molecule has 0 bridgehead atoms. The van der Waals surface area contributed by atoms with E-state index in [0.717, 1.165) is 44.8 Å². The van der Waals surface area contributed by atoms with E-state index in [4.69, 9.17) is 0 Å². The van der Waals surface area contributed by atoms with Gasteiger partial charge in [0.25, 0.3) is 5.91 Å². The maximum Gasteiger partial charge on any atom is 0.419 e. The number of benzene rings is 1. The zero-order valence-corrected chi connectivity index (χ0v) is 22.8. The molecule has 0 spiro atoms. The summed E-state index contributed by atoms with van der Waals surface area (Å²) in [6.07, 6.45) is 2.46. The molecule has 0 aliphatic heterocycles. The van der Waals surface area contributed by atoms with Gasteiger partial charge in [0, 0.05) is 43.0 Å². The third-order valence-electron chi connectivity index (χ3n) is 6.92. The molecule has 0 radical (unpaired) electrons. The summed E-state index contributed by atoms with van der Waals surface area (Å²) < 4.78 is 42.3. The molecule has 2 atom stereocenters. The first-order valence-electron chi connectivity index (χ1n) is 12.5. The monoisotopic (exact) mass is 580 g/mol. The summed E-state index contributed by atoms with van der Waals surface area (Å²) in [6.45, 7) is 3.64. The number of aromatic nitrogens is 3. The van der Waals surface area contributed by atoms with Crippen LogP contribution < -0.4 is 10.6 Å². The Labute approximate surface area is 222 Å². The molecular formula is C26H32BrF3N6O. The first kappa shape index (κ1) is 27.4. The van der Waals surface area contributed by atoms with E-state index >= 15 is 0 Å². The van der Waals surface area contributed by atoms with Gasteiger partial charge >= 0.3 is 6.18 Å². The van der Waals surface area contributed by atoms with Crippen molar-refractivity contribution in [3.63, 3.8) is 0 Å². The summed E-state index contributed by atoms with van der Waals surface area (Å²) in [5.74, 6) is 0.577. The standard InChI is InChI=1S/C26H32BrF3N6O/c1-15-6-7-16(12-15)34-25-33-14-20(26(28,29)30)22(35-25)19-13-32-23-17(19)8-9-18(21(23)27)24(37)36(3)11-5-4-10-31-2/h8-9,13-16,31-32H,4-7,10-12H2,1-3H3,(H,33,34,35)/t15-,16-/m0/s1. The van der Waals surface area contributed by atoms with Crippen LogP contribution in [0.15, 0.2) is 29.0 Å². The number of rotatable bonds is 9. The van der Waals surface area contributed by atoms with Crippen molar-refractivity contribution in [1.82, 2.24) is 25.2 Å². The minimum atomic E-state index is -4.62. The van der Waals surface area contributed by atoms with Gasteiger partial charge in [-0.05, 0) is 73.6 Å². The van der Waals surface area contributed by atoms with Crippen LogP contribution in [0.25, 0.3) is 22.2 Å². The van der Waals surface area contributed by atoms with Gasteiger partial charge in [-0.2, -0.15) is 13.2 Å². The Hall–Kier alpha value is -2.66. The lowest BCUT2D eigenvalue weighted by Gasteiger charge is -2.18. The Kier molecular flexibility index (Phi) is 8.42. The van der Waals surface area contributed by atoms with Crippen molar-refractivity contribution in [1.29, 1.82) is 0 Å². The van der Waals surface area contributed by atoms with E-state index in [0.29, 0.717) is 39.0 Å². The molecule has 200 valence electrons. The Bertz CT molecular complexity index is 1260. The first-order valence-corrected chi connectivity index (χ1v) is 13.3. The Balaban J connectivity index is 1.67. The number of unbranched alkanes of at least 4 members (excludes halogenated alkanes) is 1. The Morgan fingerprint density at radius 1 is 1.27 bits per heavy atom. The molecule has 1 fully saturated rings. The highest BCUT2D eigenvalue weighted by atomic mass is 79.9. The van der Waals surface area contributed by atoms with Gasteiger partial charge in [-0.25, -0.2) is 9.97 Å². The fourth-order valence-corrected chi connectivity index (χ4v) is 5.50. The summed E-state index contributed by atoms with van der Waals surface area (Å²) in [6, 6.07) is 3.45. The van der Waals surface area contributed by atoms with Crippen LogP contribution in [-0.2, 0) is 6.18 Å². The van der Waals surface area contributed by atoms with E-state index in [1.54, 1.807) is 24.1 Å². The van der Waals surface area contributed by atoms with Crippen molar-refractivity contribution >= 4 is 38.7 Å². The van der Waals surface area contributed by atoms with Gasteiger partial charge in [0.1, 0.15) is 5.56 Å². The van der Waals surface area contributed by atoms with Gasteiger partial charge in [-0.1, -0.05) is 13.0 Å². The van der Waals surface area contributed by atoms with Crippen LogP contribution in [-0.4, -0.2) is 59.0 Å². The molecule has 2 aromatic heterocycles. The topological polar surface area (TPSA) is 85.9 Å². The smallest absolute Gasteiger partial charge is 0.360 e. The third-order valence-corrected chi connectivity index (χ3v) is 7.74. The number of nitrogens with zero attached hydrogens (tertiary/aromatic N) is 3. The number of carbonyl (C=O) groups is 1. The highest BCUT2D eigenvalue weighted by Gasteiger charge is 2.36. The lowest BCUT2D eigenvalue weighted by molar-refractivity contribution is -0.137. The molecule has 0 saturated heterocycles. The zero-order chi connectivity index (χ0) is 26.7. The molecular weight excluding hydrogens is 549 g/mol. The summed E-state index contributed by atoms with van der Waals surface area (Å²) >= 11 is 3.51. The van der Waals surface area contributed by atoms with Crippen LogP contribution in [0.1, 0.15) is 54.9 Å². The third kappa shape index (κ3) is 6.09. The molecule has 37 heavy (non-hydrogen) atoms. The molecule has 2 heterocycles. The molecule has 4 rings (SSSR count). The number of alkyl halides is 3. The molecule has 7 nitrogen and oxygen atoms in total. The molecule has 11 heteroatoms. The number of anilines is 1. The minimum Gasteiger partial charge on any atom is -0.360 e. The number of fused-ring (bicyclic) bond motifs is 1. The number of nitrogens with one attached hydrogen (secondary N) is 3. The molecule has 1 aromatic carbocycles. The second kappa shape index (κ2) is 11.4. The summed E-state index contributed by atoms with van der Waals surface area (Å²) in [5, 5.41) is 6.83. The molecule has 1 saturated carbocycles. The fourth-order valence-electron chi connectivity index (χ4n) is 4.87. The normalized spacial score (nSPS) is 17.9. The molecule has 1 aliphatic carbocycles. The average Bonchev–Trinajstić information content (AvgIpc) is 3.47. The van der Waals surface area contributed by atoms with E-state index < -0.39 is 11.7 Å². The maximum absolute atomic E-state index is 13.9. The quantitative estimate of drug-likeness (QED) is 0.267. The Morgan fingerprint density at radius 2 is 2.05 bits per heavy atom. The highest BCUT2D eigenvalue weighted by Crippen LogP contribution is 2.40. The highest BCUT2D eigenvalue weighted by molar-refractivity contribution is 9.10. The fraction of sp³-hybridized carbons (Fsp3) is 0.500. The second-order valence-electron chi connectivity index (χ2n) is 9.80. The van der Waals surface area contributed by atoms with Crippen molar-refractivity contribution in [2.45, 2.75) is 51.2 Å². The van der Waals surface area contributed by atoms with Gasteiger partial charge in [0.15, 0.2) is 0 Å². The lowest BCUT2D eigenvalue weighted by atomic mass is 10.0. The van der Waals surface area contributed by atoms with Gasteiger partial charge in [-0.3, -0.25) is 4.79 Å². The minimum absolute atomic E-state index is 0.139. The number of hydrogen-bond acceptors (Lipinski definition) is 5. The SMILES string of the molecule is CNCCCCN(C)C(=O)c1ccc2c(-c3nc(N[C@H]4CC[C@H](C)C4)ncc3C(F)(F)F)c[nH]c2c1Br. The molecule has 3 N–H and O–H groups in total. The number of amides is 1. The van der Waals surface area contributed by atoms with Crippen LogP contribution in [0.5, 0.6) is 0 Å². The number of hydrogen-bond donors (Lipinski definition) is 3. The zero-order valence-electron chi connectivity index (χ0n) is 21.2. The Morgan fingerprint density at radius 3 is 2.73 bits per heavy atom. The summed E-state index contributed by atoms with van der Waals surface area (Å²) in [5.41, 5.74) is 0.169. The molecule has 3 aromatic rings. The predicted molar refractivity (Wildman–Crippen MR) is 143 cm³/mol. The van der Waals surface area contributed by atoms with E-state index in [1.807, 2.05) is 7.05 Å². The number of carbonyl (C=O) groups excluding carboxylic acids is 1. The molecule has 0 unspecified atom stereocenters. The summed E-state index contributed by atoms with van der Waals surface area (Å²) in [4.78, 5) is 26.1. The predicted octanol–water partition coefficient (Wildman–Crippen LogP) is 6.08. The van der Waals surface area contributed by atoms with Crippen LogP contribution >= 0.6 is 15.9 Å². The number of halogens is 4. The van der Waals surface area contributed by atoms with Crippen molar-refractivity contribution in [2.24, 2.45) is 5.92 Å². The van der Waals surface area contributed by atoms with E-state index in [2.05, 4.69) is 48.4 Å². The van der Waals surface area contributed by atoms with Crippen molar-refractivity contribution in [2.75, 3.05) is 32.5 Å². The maximum atomic E-state index is 13.9. The van der Waals surface area contributed by atoms with Crippen LogP contribution in [0.3, 0.4) is 0 Å². The summed E-state index contributed by atoms with van der Waals surface area (Å²) in [7, 11) is 3.63. The van der Waals surface area contributed by atoms with Crippen molar-refractivity contribution in [3.8, 4) is 11.3 Å². The van der Waals surface area contributed by atoms with Gasteiger partial charge < -0.3 is 20.5 Å².